The third kappa shape index (κ3) is 1.75. The van der Waals surface area contributed by atoms with E-state index in [4.69, 9.17) is 9.73 Å². The molecular weight excluding hydrogens is 971 g/mol. The van der Waals surface area contributed by atoms with Crippen LogP contribution < -0.4 is 0 Å². The van der Waals surface area contributed by atoms with E-state index in [9.17, 15) is 0 Å². The van der Waals surface area contributed by atoms with Gasteiger partial charge in [-0.3, -0.25) is 4.99 Å². The third-order valence-corrected chi connectivity index (χ3v) is 27.3. The summed E-state index contributed by atoms with van der Waals surface area (Å²) in [5, 5.41) is 83.2. The Morgan fingerprint density at radius 1 is 0.300 bits per heavy atom. The second-order valence-electron chi connectivity index (χ2n) is 27.9. The third-order valence-electron chi connectivity index (χ3n) is 27.3. The maximum absolute atomic E-state index is 16.8. The molecule has 4 aliphatic carbocycles. The summed E-state index contributed by atoms with van der Waals surface area (Å²) in [5.74, 6) is -0.252. The Labute approximate surface area is 438 Å². The molecule has 3 heteroatoms. The van der Waals surface area contributed by atoms with Gasteiger partial charge in [0.25, 0.3) is 0 Å². The van der Waals surface area contributed by atoms with Gasteiger partial charge in [0.1, 0.15) is 11.3 Å². The first-order valence-corrected chi connectivity index (χ1v) is 29.4. The fourth-order valence-corrected chi connectivity index (χ4v) is 27.1. The predicted octanol–water partition coefficient (Wildman–Crippen LogP) is 19.3. The van der Waals surface area contributed by atoms with Gasteiger partial charge >= 0.3 is 5.97 Å². The molecule has 30 aromatic carbocycles. The zero-order chi connectivity index (χ0) is 48.5. The van der Waals surface area contributed by atoms with Crippen LogP contribution in [0.3, 0.4) is 0 Å². The molecule has 5 aliphatic rings. The zero-order valence-corrected chi connectivity index (χ0v) is 41.2. The van der Waals surface area contributed by atoms with Gasteiger partial charge < -0.3 is 4.74 Å². The van der Waals surface area contributed by atoms with Crippen LogP contribution in [-0.4, -0.2) is 18.3 Å². The van der Waals surface area contributed by atoms with Crippen LogP contribution in [-0.2, 0) is 25.9 Å². The quantitative estimate of drug-likeness (QED) is 0.130. The van der Waals surface area contributed by atoms with Crippen molar-refractivity contribution in [3.63, 3.8) is 0 Å². The number of hydrogen-bond donors (Lipinski definition) is 0. The summed E-state index contributed by atoms with van der Waals surface area (Å²) < 4.78 is 6.76. The highest BCUT2D eigenvalue weighted by Crippen LogP contribution is 2.88. The highest BCUT2D eigenvalue weighted by Gasteiger charge is 2.82. The molecule has 1 aliphatic heterocycles. The van der Waals surface area contributed by atoms with E-state index in [0.29, 0.717) is 5.71 Å². The van der Waals surface area contributed by atoms with Crippen molar-refractivity contribution in [1.82, 2.24) is 0 Å². The molecule has 0 atom stereocenters. The average molecular weight is 986 g/mol. The molecule has 0 unspecified atom stereocenters. The minimum absolute atomic E-state index is 0.252. The molecule has 35 rings (SSSR count). The van der Waals surface area contributed by atoms with Crippen molar-refractivity contribution in [3.05, 3.63) is 94.0 Å². The maximum atomic E-state index is 16.8. The van der Waals surface area contributed by atoms with Crippen LogP contribution >= 0.6 is 0 Å². The van der Waals surface area contributed by atoms with Gasteiger partial charge in [0.05, 0.1) is 17.4 Å². The van der Waals surface area contributed by atoms with Gasteiger partial charge in [0.2, 0.25) is 0 Å². The monoisotopic (exact) mass is 985 g/mol. The van der Waals surface area contributed by atoms with Crippen LogP contribution in [0.25, 0.3) is 291 Å². The lowest BCUT2D eigenvalue weighted by atomic mass is 9.41. The Morgan fingerprint density at radius 2 is 0.500 bits per heavy atom. The minimum atomic E-state index is -1.10. The van der Waals surface area contributed by atoms with Crippen molar-refractivity contribution in [1.29, 1.82) is 0 Å². The number of aliphatic imine (C=N–C) groups is 1. The van der Waals surface area contributed by atoms with Gasteiger partial charge in [0, 0.05) is 0 Å². The van der Waals surface area contributed by atoms with Gasteiger partial charge in [-0.25, -0.2) is 4.79 Å². The molecule has 0 saturated heterocycles. The van der Waals surface area contributed by atoms with E-state index < -0.39 is 16.4 Å². The lowest BCUT2D eigenvalue weighted by Gasteiger charge is -2.56. The van der Waals surface area contributed by atoms with E-state index in [0.717, 1.165) is 11.1 Å². The molecular formula is C77H15NO2. The van der Waals surface area contributed by atoms with E-state index in [1.165, 1.54) is 141 Å². The van der Waals surface area contributed by atoms with Gasteiger partial charge in [-0.05, 0) is 331 Å². The first kappa shape index (κ1) is 31.4. The Bertz CT molecular complexity index is 7800. The molecule has 2 spiro atoms. The van der Waals surface area contributed by atoms with Gasteiger partial charge in [-0.15, -0.1) is 0 Å². The summed E-state index contributed by atoms with van der Waals surface area (Å²) in [6.07, 6.45) is 0. The Kier molecular flexibility index (Phi) is 2.93. The van der Waals surface area contributed by atoms with Crippen molar-refractivity contribution in [3.8, 4) is 0 Å². The smallest absolute Gasteiger partial charge is 0.353 e. The summed E-state index contributed by atoms with van der Waals surface area (Å²) >= 11 is 0. The van der Waals surface area contributed by atoms with Crippen LogP contribution in [0, 0.1) is 0 Å². The van der Waals surface area contributed by atoms with E-state index in [1.54, 1.807) is 172 Å². The number of carbonyl (C=O) groups excluding carboxylic acids is 1. The first-order valence-electron chi connectivity index (χ1n) is 29.4. The fourth-order valence-electron chi connectivity index (χ4n) is 27.1. The van der Waals surface area contributed by atoms with Crippen molar-refractivity contribution >= 4 is 303 Å². The summed E-state index contributed by atoms with van der Waals surface area (Å²) in [7, 11) is 0. The van der Waals surface area contributed by atoms with Gasteiger partial charge in [0.15, 0.2) is 0 Å². The van der Waals surface area contributed by atoms with Gasteiger partial charge in [-0.1, -0.05) is 60.7 Å². The number of rotatable bonds is 4. The van der Waals surface area contributed by atoms with Crippen molar-refractivity contribution in [2.24, 2.45) is 4.99 Å². The lowest BCUT2D eigenvalue weighted by molar-refractivity contribution is -0.135. The molecule has 0 saturated carbocycles. The molecule has 1 heterocycles. The molecule has 0 aromatic heterocycles. The Balaban J connectivity index is 1.11. The molecule has 0 radical (unpaired) electrons. The Morgan fingerprint density at radius 3 is 0.713 bits per heavy atom. The normalized spacial score (nSPS) is 21.7. The van der Waals surface area contributed by atoms with Crippen LogP contribution in [0.1, 0.15) is 40.3 Å². The molecule has 0 N–H and O–H groups in total. The standard InChI is InChI=1S/C77H15NO2/c1-2-80-74(79)73-75-69-61-53-43-33-25-17-15-16-19-23-21(17)29-37-31(23)41-35-27(19)28-20(16)24-22-18(15)26(25)34-40-30(22)38-32(24)42-36(28)46-45(35)57-51(41)59-49(37)55(47(53)39(29)33)63(69)65(59)71-67(57)68-58(46)52(42)60-50(38)56-48(40)54(44(34)43)62(61)70(75)64(56)66(60)72(68)76(71,75)77(78-73,13-9-5-3-6-10-13)14-11-7-4-8-12-14/h3-12H,2H2,1H3. The van der Waals surface area contributed by atoms with E-state index in [1.807, 2.05) is 6.92 Å². The van der Waals surface area contributed by atoms with E-state index in [2.05, 4.69) is 60.7 Å². The predicted molar refractivity (Wildman–Crippen MR) is 332 cm³/mol. The Hall–Kier alpha value is -9.96. The van der Waals surface area contributed by atoms with Gasteiger partial charge in [-0.2, -0.15) is 0 Å². The molecule has 0 fully saturated rings. The topological polar surface area (TPSA) is 38.7 Å². The molecule has 340 valence electrons. The minimum Gasteiger partial charge on any atom is -0.461 e. The zero-order valence-electron chi connectivity index (χ0n) is 41.2. The molecule has 3 nitrogen and oxygen atoms in total. The molecule has 30 aromatic rings. The first-order chi connectivity index (χ1) is 39.8. The van der Waals surface area contributed by atoms with Crippen molar-refractivity contribution in [2.45, 2.75) is 23.3 Å². The molecule has 80 heavy (non-hydrogen) atoms. The number of esters is 1. The number of nitrogens with zero attached hydrogens (tertiary/aromatic N) is 1. The average Bonchev–Trinajstić information content (AvgIpc) is 1.43. The summed E-state index contributed by atoms with van der Waals surface area (Å²) in [5.41, 5.74) is 5.60. The summed E-state index contributed by atoms with van der Waals surface area (Å²) in [4.78, 5) is 23.4. The molecule has 0 bridgehead atoms. The van der Waals surface area contributed by atoms with Crippen LogP contribution in [0.4, 0.5) is 0 Å². The second kappa shape index (κ2) is 7.46. The number of ether oxygens (including phenoxy) is 1. The fraction of sp³-hybridized carbons (Fsp3) is 0.0649. The van der Waals surface area contributed by atoms with E-state index in [-0.39, 0.29) is 12.6 Å². The highest BCUT2D eigenvalue weighted by molar-refractivity contribution is 6.82. The van der Waals surface area contributed by atoms with Crippen molar-refractivity contribution in [2.75, 3.05) is 6.61 Å². The number of hydrogen-bond acceptors (Lipinski definition) is 3. The summed E-state index contributed by atoms with van der Waals surface area (Å²) in [6.45, 7) is 2.29. The highest BCUT2D eigenvalue weighted by atomic mass is 16.5. The van der Waals surface area contributed by atoms with Crippen LogP contribution in [0.5, 0.6) is 0 Å². The maximum Gasteiger partial charge on any atom is 0.353 e. The molecule has 0 amide bonds. The lowest BCUT2D eigenvalue weighted by Crippen LogP contribution is -2.62. The number of benzene rings is 20. The largest absolute Gasteiger partial charge is 0.461 e. The second-order valence-corrected chi connectivity index (χ2v) is 27.9. The van der Waals surface area contributed by atoms with Crippen LogP contribution in [0.15, 0.2) is 65.7 Å². The van der Waals surface area contributed by atoms with Crippen molar-refractivity contribution < 1.29 is 9.53 Å². The number of carbonyl (C=O) groups is 1. The SMILES string of the molecule is CCOC(=O)C1=NC(c2ccccc2)(c2ccccc2)C23c4c5c6c7c8c9c(c%10c%11c2c2c4c4c%12c5c5c6c6c8c8c%13c9c9c%10c%10c%11c%11c2c2c4c4c%12c%12c5c5c6c8c6c8c%13c9c9c%10c%10c%11c2c2c4c4c%12c5c6c5c8c9c%10c2c45)C173. The van der Waals surface area contributed by atoms with Crippen LogP contribution in [0.2, 0.25) is 0 Å². The van der Waals surface area contributed by atoms with E-state index >= 15 is 4.79 Å². The summed E-state index contributed by atoms with van der Waals surface area (Å²) in [6, 6.07) is 23.0.